The number of hydrogen-bond acceptors (Lipinski definition) is 9. The molecule has 1 atom stereocenters. The maximum Gasteiger partial charge on any atom is 0.425 e. The first-order valence-electron chi connectivity index (χ1n) is 11.2. The summed E-state index contributed by atoms with van der Waals surface area (Å²) in [4.78, 5) is 55.0. The van der Waals surface area contributed by atoms with Crippen LogP contribution in [0.1, 0.15) is 67.1 Å². The molecule has 0 bridgehead atoms. The molecular formula is C25H31FN2O8. The van der Waals surface area contributed by atoms with E-state index in [1.165, 1.54) is 18.3 Å². The number of carbonyl (C=O) groups excluding carboxylic acids is 4. The lowest BCUT2D eigenvalue weighted by atomic mass is 10.0. The fraction of sp³-hybridized carbons (Fsp3) is 0.480. The van der Waals surface area contributed by atoms with Gasteiger partial charge in [-0.15, -0.1) is 0 Å². The maximum atomic E-state index is 15.1. The van der Waals surface area contributed by atoms with E-state index in [2.05, 4.69) is 4.98 Å². The third-order valence-corrected chi connectivity index (χ3v) is 4.30. The lowest BCUT2D eigenvalue weighted by molar-refractivity contribution is -0.167. The van der Waals surface area contributed by atoms with Gasteiger partial charge in [-0.05, 0) is 72.1 Å². The van der Waals surface area contributed by atoms with Crippen molar-refractivity contribution in [1.82, 2.24) is 4.98 Å². The van der Waals surface area contributed by atoms with Crippen LogP contribution in [0.5, 0.6) is 0 Å². The molecule has 0 fully saturated rings. The quantitative estimate of drug-likeness (QED) is 0.397. The van der Waals surface area contributed by atoms with Crippen molar-refractivity contribution in [2.75, 3.05) is 11.5 Å². The number of fused-ring (bicyclic) bond motifs is 1. The minimum absolute atomic E-state index is 0.0408. The van der Waals surface area contributed by atoms with E-state index in [-0.39, 0.29) is 23.4 Å². The Kier molecular flexibility index (Phi) is 8.61. The monoisotopic (exact) mass is 506 g/mol. The lowest BCUT2D eigenvalue weighted by Crippen LogP contribution is -2.44. The predicted molar refractivity (Wildman–Crippen MR) is 128 cm³/mol. The van der Waals surface area contributed by atoms with E-state index in [4.69, 9.17) is 18.9 Å². The molecule has 1 aromatic heterocycles. The second-order valence-corrected chi connectivity index (χ2v) is 9.76. The molecular weight excluding hydrogens is 475 g/mol. The Balaban J connectivity index is 2.76. The molecule has 2 aromatic rings. The van der Waals surface area contributed by atoms with Crippen LogP contribution in [0.2, 0.25) is 0 Å². The summed E-state index contributed by atoms with van der Waals surface area (Å²) in [6, 6.07) is 3.66. The van der Waals surface area contributed by atoms with E-state index in [9.17, 15) is 19.2 Å². The first kappa shape index (κ1) is 28.5. The van der Waals surface area contributed by atoms with Crippen molar-refractivity contribution in [3.63, 3.8) is 0 Å². The van der Waals surface area contributed by atoms with Gasteiger partial charge in [0.15, 0.2) is 0 Å². The third-order valence-electron chi connectivity index (χ3n) is 4.30. The van der Waals surface area contributed by atoms with E-state index < -0.39 is 47.2 Å². The molecule has 2 rings (SSSR count). The fourth-order valence-corrected chi connectivity index (χ4v) is 3.08. The number of benzene rings is 1. The highest BCUT2D eigenvalue weighted by atomic mass is 19.1. The second kappa shape index (κ2) is 10.9. The Hall–Kier alpha value is -3.76. The van der Waals surface area contributed by atoms with Crippen molar-refractivity contribution in [3.05, 3.63) is 35.8 Å². The van der Waals surface area contributed by atoms with Crippen LogP contribution in [0.15, 0.2) is 24.4 Å². The van der Waals surface area contributed by atoms with Crippen molar-refractivity contribution in [2.24, 2.45) is 0 Å². The van der Waals surface area contributed by atoms with E-state index in [1.54, 1.807) is 48.5 Å². The minimum Gasteiger partial charge on any atom is -0.463 e. The molecule has 1 heterocycles. The van der Waals surface area contributed by atoms with Gasteiger partial charge in [0.25, 0.3) is 0 Å². The molecule has 36 heavy (non-hydrogen) atoms. The first-order valence-corrected chi connectivity index (χ1v) is 11.2. The summed E-state index contributed by atoms with van der Waals surface area (Å²) in [6.45, 7) is 12.3. The number of aromatic nitrogens is 1. The third kappa shape index (κ3) is 7.37. The highest BCUT2D eigenvalue weighted by Gasteiger charge is 2.35. The van der Waals surface area contributed by atoms with Crippen molar-refractivity contribution in [1.29, 1.82) is 0 Å². The van der Waals surface area contributed by atoms with Crippen LogP contribution in [0.4, 0.5) is 19.8 Å². The largest absolute Gasteiger partial charge is 0.463 e. The van der Waals surface area contributed by atoms with E-state index >= 15 is 4.39 Å². The highest BCUT2D eigenvalue weighted by molar-refractivity contribution is 6.10. The number of nitrogens with zero attached hydrogens (tertiary/aromatic N) is 2. The number of anilines is 1. The number of ether oxygens (including phenoxy) is 4. The van der Waals surface area contributed by atoms with Crippen LogP contribution in [0.3, 0.4) is 0 Å². The zero-order valence-electron chi connectivity index (χ0n) is 21.6. The molecule has 0 aliphatic heterocycles. The standard InChI is InChI=1S/C25H31FN2O8/c1-9-33-21(30)20(34-14(2)29)19-16-12-18(27-13-15(16)10-11-17(19)26)28(22(31)35-24(3,4)5)23(32)36-25(6,7)8/h10-13,20H,9H2,1-8H3. The van der Waals surface area contributed by atoms with Crippen LogP contribution in [0.25, 0.3) is 10.8 Å². The van der Waals surface area contributed by atoms with Crippen molar-refractivity contribution in [2.45, 2.75) is 72.7 Å². The highest BCUT2D eigenvalue weighted by Crippen LogP contribution is 2.33. The molecule has 0 aliphatic carbocycles. The molecule has 196 valence electrons. The molecule has 0 saturated heterocycles. The zero-order valence-corrected chi connectivity index (χ0v) is 21.6. The number of rotatable bonds is 5. The number of esters is 2. The maximum absolute atomic E-state index is 15.1. The van der Waals surface area contributed by atoms with Crippen LogP contribution in [-0.2, 0) is 28.5 Å². The Bertz CT molecular complexity index is 1140. The van der Waals surface area contributed by atoms with Gasteiger partial charge in [0, 0.05) is 24.1 Å². The van der Waals surface area contributed by atoms with Crippen molar-refractivity contribution < 1.29 is 42.5 Å². The minimum atomic E-state index is -1.74. The molecule has 10 nitrogen and oxygen atoms in total. The topological polar surface area (TPSA) is 121 Å². The first-order chi connectivity index (χ1) is 16.5. The number of pyridine rings is 1. The average molecular weight is 507 g/mol. The van der Waals surface area contributed by atoms with Gasteiger partial charge >= 0.3 is 24.1 Å². The number of amides is 2. The Morgan fingerprint density at radius 1 is 1.00 bits per heavy atom. The summed E-state index contributed by atoms with van der Waals surface area (Å²) < 4.78 is 35.9. The summed E-state index contributed by atoms with van der Waals surface area (Å²) in [6.07, 6.45) is -2.63. The molecule has 0 aliphatic rings. The lowest BCUT2D eigenvalue weighted by Gasteiger charge is -2.28. The Morgan fingerprint density at radius 3 is 2.03 bits per heavy atom. The van der Waals surface area contributed by atoms with Gasteiger partial charge in [0.05, 0.1) is 6.61 Å². The Labute approximate surface area is 208 Å². The van der Waals surface area contributed by atoms with Crippen LogP contribution >= 0.6 is 0 Å². The van der Waals surface area contributed by atoms with Crippen LogP contribution < -0.4 is 4.90 Å². The summed E-state index contributed by atoms with van der Waals surface area (Å²) in [7, 11) is 0. The molecule has 0 spiro atoms. The Morgan fingerprint density at radius 2 is 1.56 bits per heavy atom. The summed E-state index contributed by atoms with van der Waals surface area (Å²) in [5.41, 5.74) is -2.25. The van der Waals surface area contributed by atoms with Gasteiger partial charge in [0.2, 0.25) is 6.10 Å². The molecule has 11 heteroatoms. The number of hydrogen-bond donors (Lipinski definition) is 0. The van der Waals surface area contributed by atoms with Gasteiger partial charge in [-0.25, -0.2) is 23.8 Å². The molecule has 0 radical (unpaired) electrons. The van der Waals surface area contributed by atoms with E-state index in [0.29, 0.717) is 10.3 Å². The average Bonchev–Trinajstić information content (AvgIpc) is 2.69. The number of imide groups is 1. The van der Waals surface area contributed by atoms with Gasteiger partial charge in [-0.1, -0.05) is 0 Å². The van der Waals surface area contributed by atoms with Crippen molar-refractivity contribution in [3.8, 4) is 0 Å². The number of halogens is 1. The fourth-order valence-electron chi connectivity index (χ4n) is 3.08. The molecule has 0 N–H and O–H groups in total. The van der Waals surface area contributed by atoms with Gasteiger partial charge in [0.1, 0.15) is 22.8 Å². The second-order valence-electron chi connectivity index (χ2n) is 9.76. The van der Waals surface area contributed by atoms with Crippen LogP contribution in [-0.4, -0.2) is 46.9 Å². The van der Waals surface area contributed by atoms with Crippen LogP contribution in [0, 0.1) is 5.82 Å². The predicted octanol–water partition coefficient (Wildman–Crippen LogP) is 5.22. The number of carbonyl (C=O) groups is 4. The zero-order chi connectivity index (χ0) is 27.4. The molecule has 0 saturated carbocycles. The summed E-state index contributed by atoms with van der Waals surface area (Å²) in [5.74, 6) is -2.97. The SMILES string of the molecule is CCOC(=O)C(OC(C)=O)c1c(F)ccc2cnc(N(C(=O)OC(C)(C)C)C(=O)OC(C)(C)C)cc12. The molecule has 1 unspecified atom stereocenters. The van der Waals surface area contributed by atoms with Gasteiger partial charge < -0.3 is 18.9 Å². The molecule has 1 aromatic carbocycles. The summed E-state index contributed by atoms with van der Waals surface area (Å²) in [5, 5.41) is 0.390. The van der Waals surface area contributed by atoms with E-state index in [0.717, 1.165) is 13.0 Å². The van der Waals surface area contributed by atoms with Gasteiger partial charge in [-0.2, -0.15) is 4.90 Å². The smallest absolute Gasteiger partial charge is 0.425 e. The molecule has 2 amide bonds. The van der Waals surface area contributed by atoms with Gasteiger partial charge in [-0.3, -0.25) is 4.79 Å². The normalized spacial score (nSPS) is 12.5. The van der Waals surface area contributed by atoms with Crippen molar-refractivity contribution >= 4 is 40.7 Å². The summed E-state index contributed by atoms with van der Waals surface area (Å²) >= 11 is 0. The van der Waals surface area contributed by atoms with E-state index in [1.807, 2.05) is 0 Å².